The summed E-state index contributed by atoms with van der Waals surface area (Å²) < 4.78 is 0. The first kappa shape index (κ1) is 20.5. The molecule has 1 unspecified atom stereocenters. The first-order valence-corrected chi connectivity index (χ1v) is 11.3. The largest absolute Gasteiger partial charge is 0.373 e. The first-order valence-electron chi connectivity index (χ1n) is 11.3. The van der Waals surface area contributed by atoms with Crippen LogP contribution in [-0.4, -0.2) is 101 Å². The molecule has 0 spiro atoms. The van der Waals surface area contributed by atoms with Gasteiger partial charge in [0.15, 0.2) is 0 Å². The van der Waals surface area contributed by atoms with Gasteiger partial charge in [0.05, 0.1) is 6.42 Å². The standard InChI is InChI=1S/C21H35N5O3/c27-17-4-11-24(12-5-17)20(23-9-2-1-3-10-23)21(25-14-7-22-8-15-25)26-13-6-18(28)16-19(26)29/h19,22,29H,1-16H2. The summed E-state index contributed by atoms with van der Waals surface area (Å²) in [4.78, 5) is 33.1. The summed E-state index contributed by atoms with van der Waals surface area (Å²) in [7, 11) is 0. The Labute approximate surface area is 173 Å². The van der Waals surface area contributed by atoms with Gasteiger partial charge in [0.2, 0.25) is 0 Å². The van der Waals surface area contributed by atoms with Crippen LogP contribution in [0.4, 0.5) is 0 Å². The fraction of sp³-hybridized carbons (Fsp3) is 0.810. The van der Waals surface area contributed by atoms with Gasteiger partial charge >= 0.3 is 0 Å². The van der Waals surface area contributed by atoms with E-state index in [0.717, 1.165) is 58.2 Å². The molecule has 4 aliphatic rings. The minimum absolute atomic E-state index is 0.136. The van der Waals surface area contributed by atoms with Crippen molar-refractivity contribution in [1.82, 2.24) is 24.9 Å². The zero-order valence-electron chi connectivity index (χ0n) is 17.4. The van der Waals surface area contributed by atoms with E-state index in [-0.39, 0.29) is 12.2 Å². The van der Waals surface area contributed by atoms with Crippen molar-refractivity contribution in [3.63, 3.8) is 0 Å². The summed E-state index contributed by atoms with van der Waals surface area (Å²) in [6.45, 7) is 7.66. The molecule has 0 aromatic carbocycles. The van der Waals surface area contributed by atoms with Crippen molar-refractivity contribution in [2.24, 2.45) is 0 Å². The molecule has 29 heavy (non-hydrogen) atoms. The maximum absolute atomic E-state index is 11.9. The highest BCUT2D eigenvalue weighted by Gasteiger charge is 2.36. The zero-order valence-corrected chi connectivity index (χ0v) is 17.4. The highest BCUT2D eigenvalue weighted by Crippen LogP contribution is 2.30. The van der Waals surface area contributed by atoms with Gasteiger partial charge in [-0.3, -0.25) is 9.59 Å². The van der Waals surface area contributed by atoms with E-state index in [1.807, 2.05) is 0 Å². The molecular weight excluding hydrogens is 370 g/mol. The smallest absolute Gasteiger partial charge is 0.148 e. The van der Waals surface area contributed by atoms with E-state index >= 15 is 0 Å². The fourth-order valence-electron chi connectivity index (χ4n) is 4.94. The Kier molecular flexibility index (Phi) is 6.60. The molecule has 0 bridgehead atoms. The van der Waals surface area contributed by atoms with Crippen LogP contribution < -0.4 is 5.32 Å². The SMILES string of the molecule is O=C1CCN(C(=C(N2CCNCC2)N2CCC(=O)CC2O)N2CCCCC2)CC1. The van der Waals surface area contributed by atoms with E-state index in [9.17, 15) is 14.7 Å². The molecule has 4 fully saturated rings. The van der Waals surface area contributed by atoms with Gasteiger partial charge in [-0.15, -0.1) is 0 Å². The van der Waals surface area contributed by atoms with E-state index in [0.29, 0.717) is 31.6 Å². The quantitative estimate of drug-likeness (QED) is 0.685. The van der Waals surface area contributed by atoms with Crippen molar-refractivity contribution in [3.8, 4) is 0 Å². The molecule has 0 radical (unpaired) electrons. The minimum atomic E-state index is -0.771. The van der Waals surface area contributed by atoms with Crippen molar-refractivity contribution in [3.05, 3.63) is 11.6 Å². The second kappa shape index (κ2) is 9.34. The van der Waals surface area contributed by atoms with Crippen LogP contribution in [0.25, 0.3) is 0 Å². The zero-order chi connectivity index (χ0) is 20.2. The Bertz CT molecular complexity index is 630. The number of aliphatic hydroxyl groups is 1. The number of ketones is 2. The predicted molar refractivity (Wildman–Crippen MR) is 110 cm³/mol. The van der Waals surface area contributed by atoms with Crippen molar-refractivity contribution >= 4 is 11.6 Å². The molecule has 4 heterocycles. The van der Waals surface area contributed by atoms with Crippen LogP contribution in [0, 0.1) is 0 Å². The molecule has 0 saturated carbocycles. The van der Waals surface area contributed by atoms with E-state index < -0.39 is 6.23 Å². The Morgan fingerprint density at radius 1 is 0.724 bits per heavy atom. The molecule has 0 aromatic rings. The lowest BCUT2D eigenvalue weighted by Gasteiger charge is -2.48. The molecule has 1 atom stereocenters. The maximum Gasteiger partial charge on any atom is 0.148 e. The fourth-order valence-corrected chi connectivity index (χ4v) is 4.94. The van der Waals surface area contributed by atoms with Crippen LogP contribution in [0.2, 0.25) is 0 Å². The third-order valence-corrected chi connectivity index (χ3v) is 6.57. The second-order valence-electron chi connectivity index (χ2n) is 8.62. The van der Waals surface area contributed by atoms with E-state index in [1.165, 1.54) is 25.1 Å². The van der Waals surface area contributed by atoms with Crippen LogP contribution in [0.15, 0.2) is 11.6 Å². The number of rotatable bonds is 4. The molecule has 0 aromatic heterocycles. The number of aliphatic hydroxyl groups excluding tert-OH is 1. The molecule has 4 saturated heterocycles. The van der Waals surface area contributed by atoms with Gasteiger partial charge in [0, 0.05) is 78.2 Å². The molecule has 0 aliphatic carbocycles. The Hall–Kier alpha value is -1.80. The van der Waals surface area contributed by atoms with Crippen molar-refractivity contribution in [1.29, 1.82) is 0 Å². The number of nitrogens with zero attached hydrogens (tertiary/aromatic N) is 4. The Morgan fingerprint density at radius 2 is 1.31 bits per heavy atom. The number of piperazine rings is 1. The van der Waals surface area contributed by atoms with Gasteiger partial charge in [0.1, 0.15) is 29.4 Å². The Morgan fingerprint density at radius 3 is 1.97 bits per heavy atom. The van der Waals surface area contributed by atoms with Gasteiger partial charge in [-0.2, -0.15) is 0 Å². The highest BCUT2D eigenvalue weighted by molar-refractivity contribution is 5.80. The molecule has 8 nitrogen and oxygen atoms in total. The summed E-state index contributed by atoms with van der Waals surface area (Å²) in [5.41, 5.74) is 0. The van der Waals surface area contributed by atoms with Crippen LogP contribution in [0.3, 0.4) is 0 Å². The number of carbonyl (C=O) groups is 2. The summed E-state index contributed by atoms with van der Waals surface area (Å²) in [6.07, 6.45) is 4.69. The number of hydrogen-bond donors (Lipinski definition) is 2. The van der Waals surface area contributed by atoms with Crippen LogP contribution >= 0.6 is 0 Å². The number of hydrogen-bond acceptors (Lipinski definition) is 8. The predicted octanol–water partition coefficient (Wildman–Crippen LogP) is 0.152. The number of likely N-dealkylation sites (tertiary alicyclic amines) is 3. The summed E-state index contributed by atoms with van der Waals surface area (Å²) in [5, 5.41) is 14.3. The van der Waals surface area contributed by atoms with Crippen molar-refractivity contribution in [2.75, 3.05) is 58.9 Å². The van der Waals surface area contributed by atoms with Crippen LogP contribution in [0.5, 0.6) is 0 Å². The molecule has 4 rings (SSSR count). The lowest BCUT2D eigenvalue weighted by atomic mass is 10.1. The van der Waals surface area contributed by atoms with E-state index in [2.05, 4.69) is 24.9 Å². The molecule has 4 aliphatic heterocycles. The summed E-state index contributed by atoms with van der Waals surface area (Å²) >= 11 is 0. The van der Waals surface area contributed by atoms with Crippen LogP contribution in [-0.2, 0) is 9.59 Å². The molecule has 162 valence electrons. The van der Waals surface area contributed by atoms with Crippen molar-refractivity contribution < 1.29 is 14.7 Å². The van der Waals surface area contributed by atoms with Crippen molar-refractivity contribution in [2.45, 2.75) is 51.2 Å². The third-order valence-electron chi connectivity index (χ3n) is 6.57. The van der Waals surface area contributed by atoms with Gasteiger partial charge in [0.25, 0.3) is 0 Å². The highest BCUT2D eigenvalue weighted by atomic mass is 16.3. The lowest BCUT2D eigenvalue weighted by Crippen LogP contribution is -2.55. The number of piperidine rings is 3. The summed E-state index contributed by atoms with van der Waals surface area (Å²) in [5.74, 6) is 2.72. The summed E-state index contributed by atoms with van der Waals surface area (Å²) in [6, 6.07) is 0. The third kappa shape index (κ3) is 4.69. The van der Waals surface area contributed by atoms with Gasteiger partial charge in [-0.05, 0) is 19.3 Å². The first-order chi connectivity index (χ1) is 14.1. The second-order valence-corrected chi connectivity index (χ2v) is 8.62. The average molecular weight is 406 g/mol. The van der Waals surface area contributed by atoms with E-state index in [4.69, 9.17) is 0 Å². The maximum atomic E-state index is 11.9. The normalized spacial score (nSPS) is 28.0. The van der Waals surface area contributed by atoms with E-state index in [1.54, 1.807) is 0 Å². The number of carbonyl (C=O) groups excluding carboxylic acids is 2. The minimum Gasteiger partial charge on any atom is -0.373 e. The molecule has 2 N–H and O–H groups in total. The monoisotopic (exact) mass is 405 g/mol. The number of nitrogens with one attached hydrogen (secondary N) is 1. The molecule has 0 amide bonds. The van der Waals surface area contributed by atoms with Crippen LogP contribution in [0.1, 0.15) is 44.9 Å². The Balaban J connectivity index is 1.74. The average Bonchev–Trinajstić information content (AvgIpc) is 2.75. The topological polar surface area (TPSA) is 79.4 Å². The van der Waals surface area contributed by atoms with Gasteiger partial charge < -0.3 is 30.0 Å². The molecule has 8 heteroatoms. The lowest BCUT2D eigenvalue weighted by molar-refractivity contribution is -0.130. The van der Waals surface area contributed by atoms with Gasteiger partial charge in [-0.25, -0.2) is 0 Å². The van der Waals surface area contributed by atoms with Gasteiger partial charge in [-0.1, -0.05) is 0 Å². The molecular formula is C21H35N5O3. The number of Topliss-reactive ketones (excluding diaryl/α,β-unsaturated/α-hetero) is 2.